The Hall–Kier alpha value is -3.24. The minimum Gasteiger partial charge on any atom is -0.468 e. The maximum Gasteiger partial charge on any atom is 0.459 e. The highest BCUT2D eigenvalue weighted by atomic mass is 31.2. The number of H-pyrrole nitrogens is 1. The second kappa shape index (κ2) is 10.6. The minimum absolute atomic E-state index is 0.127. The van der Waals surface area contributed by atoms with Crippen molar-refractivity contribution in [3.63, 3.8) is 0 Å². The molecule has 186 valence electrons. The highest BCUT2D eigenvalue weighted by Crippen LogP contribution is 2.47. The molecule has 2 heterocycles. The summed E-state index contributed by atoms with van der Waals surface area (Å²) in [6.45, 7) is 1.36. The van der Waals surface area contributed by atoms with Crippen LogP contribution in [0.4, 0.5) is 0 Å². The standard InChI is InChI=1S/C23H26N3O8P/c1-15(22(28)31-2)25-35(30,34-19-9-5-7-16-6-3-4-8-18(16)19)32-14-17-10-11-21(33-17)26-13-12-20(27)24-23(26)29/h3-9,12-13,15,17,21H,10-11,14H2,1-2H3,(H,25,30)(H,24,27,29)/t15-,17-,21?,35?/m0/s1. The molecule has 1 aliphatic rings. The predicted molar refractivity (Wildman–Crippen MR) is 127 cm³/mol. The van der Waals surface area contributed by atoms with Crippen molar-refractivity contribution >= 4 is 24.5 Å². The van der Waals surface area contributed by atoms with Crippen molar-refractivity contribution in [1.29, 1.82) is 0 Å². The Bertz CT molecular complexity index is 1370. The Labute approximate surface area is 200 Å². The lowest BCUT2D eigenvalue weighted by atomic mass is 10.1. The van der Waals surface area contributed by atoms with Crippen molar-refractivity contribution in [1.82, 2.24) is 14.6 Å². The second-order valence-corrected chi connectivity index (χ2v) is 9.74. The average molecular weight is 503 g/mol. The number of rotatable bonds is 9. The van der Waals surface area contributed by atoms with Gasteiger partial charge in [0.25, 0.3) is 5.56 Å². The summed E-state index contributed by atoms with van der Waals surface area (Å²) in [6.07, 6.45) is 1.26. The van der Waals surface area contributed by atoms with Gasteiger partial charge in [-0.2, -0.15) is 5.09 Å². The third-order valence-electron chi connectivity index (χ3n) is 5.55. The zero-order chi connectivity index (χ0) is 25.0. The zero-order valence-corrected chi connectivity index (χ0v) is 20.1. The number of benzene rings is 2. The van der Waals surface area contributed by atoms with Crippen LogP contribution >= 0.6 is 7.75 Å². The van der Waals surface area contributed by atoms with E-state index in [0.29, 0.717) is 18.6 Å². The van der Waals surface area contributed by atoms with E-state index < -0.39 is 43.3 Å². The van der Waals surface area contributed by atoms with Gasteiger partial charge in [-0.25, -0.2) is 9.36 Å². The first-order chi connectivity index (χ1) is 16.8. The zero-order valence-electron chi connectivity index (χ0n) is 19.2. The number of ether oxygens (including phenoxy) is 2. The maximum atomic E-state index is 13.7. The molecule has 35 heavy (non-hydrogen) atoms. The van der Waals surface area contributed by atoms with Gasteiger partial charge in [0.2, 0.25) is 0 Å². The van der Waals surface area contributed by atoms with E-state index in [9.17, 15) is 18.9 Å². The SMILES string of the molecule is COC(=O)[C@H](C)NP(=O)(OC[C@@H]1CCC(n2ccc(=O)[nH]c2=O)O1)Oc1cccc2ccccc12. The van der Waals surface area contributed by atoms with Gasteiger partial charge in [0, 0.05) is 17.6 Å². The molecule has 1 aromatic heterocycles. The average Bonchev–Trinajstić information content (AvgIpc) is 3.31. The van der Waals surface area contributed by atoms with Crippen LogP contribution in [0.15, 0.2) is 64.3 Å². The molecular formula is C23H26N3O8P. The molecule has 0 aliphatic carbocycles. The van der Waals surface area contributed by atoms with Crippen LogP contribution in [0.5, 0.6) is 5.75 Å². The van der Waals surface area contributed by atoms with Crippen molar-refractivity contribution in [2.24, 2.45) is 0 Å². The molecule has 0 bridgehead atoms. The Kier molecular flexibility index (Phi) is 7.51. The van der Waals surface area contributed by atoms with Gasteiger partial charge in [-0.3, -0.25) is 23.7 Å². The number of hydrogen-bond acceptors (Lipinski definition) is 8. The van der Waals surface area contributed by atoms with Crippen molar-refractivity contribution in [2.75, 3.05) is 13.7 Å². The predicted octanol–water partition coefficient (Wildman–Crippen LogP) is 2.72. The molecule has 4 atom stereocenters. The third kappa shape index (κ3) is 5.88. The summed E-state index contributed by atoms with van der Waals surface area (Å²) in [7, 11) is -2.85. The third-order valence-corrected chi connectivity index (χ3v) is 7.18. The largest absolute Gasteiger partial charge is 0.468 e. The van der Waals surface area contributed by atoms with E-state index in [1.807, 2.05) is 30.3 Å². The number of aromatic nitrogens is 2. The lowest BCUT2D eigenvalue weighted by molar-refractivity contribution is -0.142. The fraction of sp³-hybridized carbons (Fsp3) is 0.348. The molecule has 0 radical (unpaired) electrons. The molecular weight excluding hydrogens is 477 g/mol. The van der Waals surface area contributed by atoms with Crippen LogP contribution in [-0.2, 0) is 23.4 Å². The van der Waals surface area contributed by atoms with E-state index in [4.69, 9.17) is 18.5 Å². The van der Waals surface area contributed by atoms with Crippen molar-refractivity contribution in [3.05, 3.63) is 75.6 Å². The van der Waals surface area contributed by atoms with Crippen LogP contribution in [0.2, 0.25) is 0 Å². The molecule has 2 aromatic carbocycles. The number of nitrogens with one attached hydrogen (secondary N) is 2. The summed E-state index contributed by atoms with van der Waals surface area (Å²) < 4.78 is 37.2. The van der Waals surface area contributed by atoms with E-state index in [1.54, 1.807) is 12.1 Å². The van der Waals surface area contributed by atoms with E-state index in [1.165, 1.54) is 30.9 Å². The molecule has 2 unspecified atom stereocenters. The van der Waals surface area contributed by atoms with Gasteiger partial charge in [-0.1, -0.05) is 36.4 Å². The first-order valence-electron chi connectivity index (χ1n) is 11.0. The highest BCUT2D eigenvalue weighted by molar-refractivity contribution is 7.52. The molecule has 11 nitrogen and oxygen atoms in total. The summed E-state index contributed by atoms with van der Waals surface area (Å²) >= 11 is 0. The number of carbonyl (C=O) groups excluding carboxylic acids is 1. The first-order valence-corrected chi connectivity index (χ1v) is 12.6. The molecule has 0 spiro atoms. The monoisotopic (exact) mass is 503 g/mol. The lowest BCUT2D eigenvalue weighted by Gasteiger charge is -2.24. The molecule has 1 aliphatic heterocycles. The van der Waals surface area contributed by atoms with Gasteiger partial charge in [-0.05, 0) is 31.2 Å². The smallest absolute Gasteiger partial charge is 0.459 e. The van der Waals surface area contributed by atoms with E-state index >= 15 is 0 Å². The van der Waals surface area contributed by atoms with E-state index in [2.05, 4.69) is 10.1 Å². The molecule has 0 saturated carbocycles. The van der Waals surface area contributed by atoms with Gasteiger partial charge in [0.1, 0.15) is 18.0 Å². The van der Waals surface area contributed by atoms with Gasteiger partial charge in [-0.15, -0.1) is 0 Å². The number of esters is 1. The first kappa shape index (κ1) is 24.9. The van der Waals surface area contributed by atoms with Crippen LogP contribution in [0.25, 0.3) is 10.8 Å². The van der Waals surface area contributed by atoms with Crippen molar-refractivity contribution in [2.45, 2.75) is 38.1 Å². The highest BCUT2D eigenvalue weighted by Gasteiger charge is 2.35. The Morgan fingerprint density at radius 3 is 2.74 bits per heavy atom. The maximum absolute atomic E-state index is 13.7. The van der Waals surface area contributed by atoms with Crippen molar-refractivity contribution in [3.8, 4) is 5.75 Å². The number of aromatic amines is 1. The van der Waals surface area contributed by atoms with Gasteiger partial charge < -0.3 is 14.0 Å². The molecule has 12 heteroatoms. The van der Waals surface area contributed by atoms with E-state index in [-0.39, 0.29) is 6.61 Å². The van der Waals surface area contributed by atoms with Gasteiger partial charge in [0.05, 0.1) is 19.8 Å². The van der Waals surface area contributed by atoms with Crippen LogP contribution in [0, 0.1) is 0 Å². The topological polar surface area (TPSA) is 138 Å². The number of carbonyl (C=O) groups is 1. The molecule has 3 aromatic rings. The molecule has 0 amide bonds. The Morgan fingerprint density at radius 2 is 1.97 bits per heavy atom. The van der Waals surface area contributed by atoms with Gasteiger partial charge in [0.15, 0.2) is 0 Å². The number of methoxy groups -OCH3 is 1. The van der Waals surface area contributed by atoms with Crippen molar-refractivity contribution < 1.29 is 27.9 Å². The number of nitrogens with zero attached hydrogens (tertiary/aromatic N) is 1. The van der Waals surface area contributed by atoms with Crippen LogP contribution < -0.4 is 20.9 Å². The minimum atomic E-state index is -4.08. The fourth-order valence-electron chi connectivity index (χ4n) is 3.81. The fourth-order valence-corrected chi connectivity index (χ4v) is 5.35. The van der Waals surface area contributed by atoms with Gasteiger partial charge >= 0.3 is 19.4 Å². The molecule has 2 N–H and O–H groups in total. The van der Waals surface area contributed by atoms with Crippen LogP contribution in [0.3, 0.4) is 0 Å². The lowest BCUT2D eigenvalue weighted by Crippen LogP contribution is -2.35. The molecule has 1 fully saturated rings. The van der Waals surface area contributed by atoms with Crippen LogP contribution in [-0.4, -0.2) is 41.4 Å². The second-order valence-electron chi connectivity index (χ2n) is 8.04. The normalized spacial score (nSPS) is 20.3. The number of hydrogen-bond donors (Lipinski definition) is 2. The molecule has 1 saturated heterocycles. The summed E-state index contributed by atoms with van der Waals surface area (Å²) in [5.41, 5.74) is -1.08. The summed E-state index contributed by atoms with van der Waals surface area (Å²) in [5.74, 6) is -0.314. The summed E-state index contributed by atoms with van der Waals surface area (Å²) in [4.78, 5) is 37.5. The van der Waals surface area contributed by atoms with Crippen LogP contribution in [0.1, 0.15) is 26.0 Å². The Morgan fingerprint density at radius 1 is 1.20 bits per heavy atom. The Balaban J connectivity index is 1.51. The quantitative estimate of drug-likeness (QED) is 0.333. The number of fused-ring (bicyclic) bond motifs is 1. The van der Waals surface area contributed by atoms with E-state index in [0.717, 1.165) is 10.8 Å². The molecule has 4 rings (SSSR count). The summed E-state index contributed by atoms with van der Waals surface area (Å²) in [6, 6.07) is 13.0. The summed E-state index contributed by atoms with van der Waals surface area (Å²) in [5, 5.41) is 4.23.